The van der Waals surface area contributed by atoms with E-state index in [-0.39, 0.29) is 18.0 Å². The van der Waals surface area contributed by atoms with Crippen LogP contribution in [0.5, 0.6) is 0 Å². The minimum Gasteiger partial charge on any atom is -0.352 e. The Balaban J connectivity index is 1.56. The Morgan fingerprint density at radius 2 is 2.14 bits per heavy atom. The maximum Gasteiger partial charge on any atom is 0.237 e. The van der Waals surface area contributed by atoms with Crippen LogP contribution in [0.25, 0.3) is 0 Å². The summed E-state index contributed by atoms with van der Waals surface area (Å²) in [6, 6.07) is 12.5. The molecule has 110 valence electrons. The average molecular weight is 300 g/mol. The largest absolute Gasteiger partial charge is 0.352 e. The number of nitrogens with one attached hydrogen (secondary N) is 2. The number of benzene rings is 1. The molecule has 0 spiro atoms. The smallest absolute Gasteiger partial charge is 0.237 e. The molecular weight excluding hydrogens is 280 g/mol. The van der Waals surface area contributed by atoms with E-state index in [1.807, 2.05) is 18.2 Å². The number of hydrogen-bond acceptors (Lipinski definition) is 3. The van der Waals surface area contributed by atoms with Crippen LogP contribution in [0.1, 0.15) is 22.9 Å². The summed E-state index contributed by atoms with van der Waals surface area (Å²) >= 11 is 1.74. The molecule has 1 amide bonds. The summed E-state index contributed by atoms with van der Waals surface area (Å²) in [6.45, 7) is 2.84. The molecule has 0 aliphatic carbocycles. The standard InChI is InChI=1S/C17H20N2OS/c1-12(9-15-7-4-8-21-15)19-17(20)16-10-13-5-2-3-6-14(13)11-18-16/h2-8,12,16,18H,9-11H2,1H3,(H,19,20)/t12?,16-/m1/s1. The number of hydrogen-bond donors (Lipinski definition) is 2. The SMILES string of the molecule is CC(Cc1cccs1)NC(=O)[C@H]1Cc2ccccc2CN1. The Morgan fingerprint density at radius 3 is 2.90 bits per heavy atom. The van der Waals surface area contributed by atoms with Gasteiger partial charge in [-0.2, -0.15) is 0 Å². The fourth-order valence-electron chi connectivity index (χ4n) is 2.76. The highest BCUT2D eigenvalue weighted by atomic mass is 32.1. The van der Waals surface area contributed by atoms with Gasteiger partial charge in [0.25, 0.3) is 0 Å². The molecule has 0 saturated heterocycles. The molecule has 0 fully saturated rings. The van der Waals surface area contributed by atoms with Crippen molar-refractivity contribution in [2.75, 3.05) is 0 Å². The molecule has 0 radical (unpaired) electrons. The van der Waals surface area contributed by atoms with Crippen LogP contribution in [0, 0.1) is 0 Å². The molecule has 0 bridgehead atoms. The molecule has 2 N–H and O–H groups in total. The van der Waals surface area contributed by atoms with Crippen molar-refractivity contribution < 1.29 is 4.79 Å². The van der Waals surface area contributed by atoms with Crippen LogP contribution in [0.2, 0.25) is 0 Å². The van der Waals surface area contributed by atoms with Gasteiger partial charge >= 0.3 is 0 Å². The molecule has 1 unspecified atom stereocenters. The van der Waals surface area contributed by atoms with Crippen LogP contribution in [0.4, 0.5) is 0 Å². The lowest BCUT2D eigenvalue weighted by Gasteiger charge is -2.26. The van der Waals surface area contributed by atoms with Gasteiger partial charge in [0.2, 0.25) is 5.91 Å². The van der Waals surface area contributed by atoms with E-state index in [1.54, 1.807) is 11.3 Å². The van der Waals surface area contributed by atoms with Gasteiger partial charge in [0.1, 0.15) is 0 Å². The van der Waals surface area contributed by atoms with Gasteiger partial charge in [-0.1, -0.05) is 30.3 Å². The summed E-state index contributed by atoms with van der Waals surface area (Å²) in [5.74, 6) is 0.105. The Morgan fingerprint density at radius 1 is 1.33 bits per heavy atom. The van der Waals surface area contributed by atoms with Crippen molar-refractivity contribution in [2.24, 2.45) is 0 Å². The summed E-state index contributed by atoms with van der Waals surface area (Å²) < 4.78 is 0. The van der Waals surface area contributed by atoms with Crippen LogP contribution in [-0.2, 0) is 24.2 Å². The first kappa shape index (κ1) is 14.3. The summed E-state index contributed by atoms with van der Waals surface area (Å²) in [4.78, 5) is 13.7. The lowest BCUT2D eigenvalue weighted by Crippen LogP contribution is -2.50. The van der Waals surface area contributed by atoms with Crippen LogP contribution in [-0.4, -0.2) is 18.0 Å². The number of carbonyl (C=O) groups is 1. The molecular formula is C17H20N2OS. The summed E-state index contributed by atoms with van der Waals surface area (Å²) in [5, 5.41) is 8.53. The fraction of sp³-hybridized carbons (Fsp3) is 0.353. The Hall–Kier alpha value is -1.65. The normalized spacial score (nSPS) is 18.8. The molecule has 3 rings (SSSR count). The van der Waals surface area contributed by atoms with E-state index in [0.29, 0.717) is 0 Å². The predicted molar refractivity (Wildman–Crippen MR) is 86.4 cm³/mol. The minimum absolute atomic E-state index is 0.105. The number of carbonyl (C=O) groups excluding carboxylic acids is 1. The molecule has 1 aliphatic heterocycles. The minimum atomic E-state index is -0.120. The summed E-state index contributed by atoms with van der Waals surface area (Å²) in [5.41, 5.74) is 2.58. The van der Waals surface area contributed by atoms with Crippen molar-refractivity contribution in [2.45, 2.75) is 38.4 Å². The molecule has 2 heterocycles. The van der Waals surface area contributed by atoms with Gasteiger partial charge in [-0.25, -0.2) is 0 Å². The van der Waals surface area contributed by atoms with E-state index in [4.69, 9.17) is 0 Å². The summed E-state index contributed by atoms with van der Waals surface area (Å²) in [7, 11) is 0. The third-order valence-electron chi connectivity index (χ3n) is 3.87. The van der Waals surface area contributed by atoms with Gasteiger partial charge in [0.05, 0.1) is 6.04 Å². The average Bonchev–Trinajstić information content (AvgIpc) is 2.99. The zero-order valence-corrected chi connectivity index (χ0v) is 13.0. The van der Waals surface area contributed by atoms with E-state index >= 15 is 0 Å². The van der Waals surface area contributed by atoms with Gasteiger partial charge in [0, 0.05) is 23.9 Å². The van der Waals surface area contributed by atoms with Gasteiger partial charge in [-0.15, -0.1) is 11.3 Å². The summed E-state index contributed by atoms with van der Waals surface area (Å²) in [6.07, 6.45) is 1.67. The topological polar surface area (TPSA) is 41.1 Å². The first-order valence-corrected chi connectivity index (χ1v) is 8.23. The van der Waals surface area contributed by atoms with Crippen molar-refractivity contribution in [1.29, 1.82) is 0 Å². The lowest BCUT2D eigenvalue weighted by molar-refractivity contribution is -0.123. The van der Waals surface area contributed by atoms with Crippen molar-refractivity contribution in [3.8, 4) is 0 Å². The van der Waals surface area contributed by atoms with Crippen molar-refractivity contribution >= 4 is 17.2 Å². The predicted octanol–water partition coefficient (Wildman–Crippen LogP) is 2.51. The van der Waals surface area contributed by atoms with Crippen LogP contribution in [0.15, 0.2) is 41.8 Å². The second-order valence-corrected chi connectivity index (χ2v) is 6.63. The quantitative estimate of drug-likeness (QED) is 0.911. The highest BCUT2D eigenvalue weighted by Gasteiger charge is 2.24. The van der Waals surface area contributed by atoms with E-state index in [9.17, 15) is 4.79 Å². The molecule has 3 nitrogen and oxygen atoms in total. The van der Waals surface area contributed by atoms with Crippen LogP contribution >= 0.6 is 11.3 Å². The number of amides is 1. The molecule has 21 heavy (non-hydrogen) atoms. The third-order valence-corrected chi connectivity index (χ3v) is 4.77. The number of thiophene rings is 1. The van der Waals surface area contributed by atoms with E-state index in [1.165, 1.54) is 16.0 Å². The molecule has 0 saturated carbocycles. The monoisotopic (exact) mass is 300 g/mol. The van der Waals surface area contributed by atoms with Crippen molar-refractivity contribution in [3.05, 3.63) is 57.8 Å². The third kappa shape index (κ3) is 3.52. The van der Waals surface area contributed by atoms with E-state index in [2.05, 4.69) is 41.1 Å². The maximum atomic E-state index is 12.4. The van der Waals surface area contributed by atoms with Gasteiger partial charge in [0.15, 0.2) is 0 Å². The van der Waals surface area contributed by atoms with Gasteiger partial charge in [-0.05, 0) is 35.9 Å². The number of fused-ring (bicyclic) bond motifs is 1. The zero-order valence-electron chi connectivity index (χ0n) is 12.1. The highest BCUT2D eigenvalue weighted by molar-refractivity contribution is 7.09. The Kier molecular flexibility index (Phi) is 4.36. The second-order valence-electron chi connectivity index (χ2n) is 5.60. The maximum absolute atomic E-state index is 12.4. The Labute approximate surface area is 129 Å². The highest BCUT2D eigenvalue weighted by Crippen LogP contribution is 2.16. The van der Waals surface area contributed by atoms with Crippen LogP contribution in [0.3, 0.4) is 0 Å². The lowest BCUT2D eigenvalue weighted by atomic mass is 9.95. The molecule has 1 aliphatic rings. The first-order chi connectivity index (χ1) is 10.2. The fourth-order valence-corrected chi connectivity index (χ4v) is 3.60. The Bertz CT molecular complexity index is 609. The molecule has 2 atom stereocenters. The van der Waals surface area contributed by atoms with Crippen molar-refractivity contribution in [1.82, 2.24) is 10.6 Å². The first-order valence-electron chi connectivity index (χ1n) is 7.35. The van der Waals surface area contributed by atoms with Crippen molar-refractivity contribution in [3.63, 3.8) is 0 Å². The molecule has 2 aromatic rings. The van der Waals surface area contributed by atoms with Gasteiger partial charge in [-0.3, -0.25) is 4.79 Å². The molecule has 1 aromatic heterocycles. The van der Waals surface area contributed by atoms with E-state index in [0.717, 1.165) is 19.4 Å². The second kappa shape index (κ2) is 6.41. The molecule has 4 heteroatoms. The zero-order chi connectivity index (χ0) is 14.7. The van der Waals surface area contributed by atoms with Gasteiger partial charge < -0.3 is 10.6 Å². The van der Waals surface area contributed by atoms with E-state index < -0.39 is 0 Å². The molecule has 1 aromatic carbocycles. The number of rotatable bonds is 4. The van der Waals surface area contributed by atoms with Crippen LogP contribution < -0.4 is 10.6 Å².